The summed E-state index contributed by atoms with van der Waals surface area (Å²) in [5, 5.41) is 0.975. The van der Waals surface area contributed by atoms with Gasteiger partial charge < -0.3 is 4.79 Å². The zero-order chi connectivity index (χ0) is 6.24. The molecule has 1 nitrogen and oxygen atoms in total. The summed E-state index contributed by atoms with van der Waals surface area (Å²) < 4.78 is 0. The third-order valence-electron chi connectivity index (χ3n) is 0.675. The van der Waals surface area contributed by atoms with E-state index in [-0.39, 0.29) is 0 Å². The standard InChI is InChI=1S/C6H9BrO/c7-5-3-1-2-4-6-8/h1-2,6H,3-5H2/b2-1+. The molecule has 0 atom stereocenters. The molecule has 0 spiro atoms. The van der Waals surface area contributed by atoms with E-state index in [1.807, 2.05) is 12.2 Å². The van der Waals surface area contributed by atoms with Gasteiger partial charge in [0, 0.05) is 11.8 Å². The van der Waals surface area contributed by atoms with Crippen LogP contribution in [0.4, 0.5) is 0 Å². The summed E-state index contributed by atoms with van der Waals surface area (Å²) in [5.41, 5.74) is 0. The topological polar surface area (TPSA) is 17.1 Å². The second kappa shape index (κ2) is 6.89. The van der Waals surface area contributed by atoms with Crippen LogP contribution in [0.15, 0.2) is 12.2 Å². The lowest BCUT2D eigenvalue weighted by Crippen LogP contribution is -1.68. The van der Waals surface area contributed by atoms with Crippen molar-refractivity contribution in [3.05, 3.63) is 12.2 Å². The molecule has 0 heterocycles. The second-order valence-corrected chi connectivity index (χ2v) is 2.14. The van der Waals surface area contributed by atoms with Crippen molar-refractivity contribution in [3.8, 4) is 0 Å². The minimum Gasteiger partial charge on any atom is -0.303 e. The lowest BCUT2D eigenvalue weighted by Gasteiger charge is -1.78. The molecule has 0 amide bonds. The van der Waals surface area contributed by atoms with E-state index in [1.165, 1.54) is 0 Å². The first kappa shape index (κ1) is 7.89. The van der Waals surface area contributed by atoms with E-state index in [1.54, 1.807) is 0 Å². The summed E-state index contributed by atoms with van der Waals surface area (Å²) in [6, 6.07) is 0. The number of halogens is 1. The van der Waals surface area contributed by atoms with Gasteiger partial charge in [0.1, 0.15) is 6.29 Å². The van der Waals surface area contributed by atoms with Crippen molar-refractivity contribution >= 4 is 22.2 Å². The van der Waals surface area contributed by atoms with Crippen molar-refractivity contribution in [2.45, 2.75) is 12.8 Å². The third-order valence-corrected chi connectivity index (χ3v) is 1.13. The fourth-order valence-electron chi connectivity index (χ4n) is 0.333. The molecule has 0 aromatic heterocycles. The first-order valence-corrected chi connectivity index (χ1v) is 3.68. The molecule has 0 aliphatic heterocycles. The summed E-state index contributed by atoms with van der Waals surface area (Å²) in [5.74, 6) is 0. The van der Waals surface area contributed by atoms with Gasteiger partial charge >= 0.3 is 0 Å². The summed E-state index contributed by atoms with van der Waals surface area (Å²) in [6.45, 7) is 0. The van der Waals surface area contributed by atoms with Gasteiger partial charge in [-0.25, -0.2) is 0 Å². The van der Waals surface area contributed by atoms with Crippen LogP contribution in [0.1, 0.15) is 12.8 Å². The molecule has 2 heteroatoms. The number of alkyl halides is 1. The van der Waals surface area contributed by atoms with Gasteiger partial charge in [-0.1, -0.05) is 28.1 Å². The van der Waals surface area contributed by atoms with Crippen LogP contribution in [0.5, 0.6) is 0 Å². The third kappa shape index (κ3) is 5.89. The van der Waals surface area contributed by atoms with Gasteiger partial charge in [0.25, 0.3) is 0 Å². The highest BCUT2D eigenvalue weighted by atomic mass is 79.9. The highest BCUT2D eigenvalue weighted by molar-refractivity contribution is 9.09. The Kier molecular flexibility index (Phi) is 6.80. The molecule has 0 aliphatic carbocycles. The number of hydrogen-bond donors (Lipinski definition) is 0. The maximum atomic E-state index is 9.71. The Morgan fingerprint density at radius 3 is 2.62 bits per heavy atom. The van der Waals surface area contributed by atoms with Crippen LogP contribution in [0.2, 0.25) is 0 Å². The van der Waals surface area contributed by atoms with Crippen LogP contribution in [0.25, 0.3) is 0 Å². The summed E-state index contributed by atoms with van der Waals surface area (Å²) >= 11 is 3.26. The number of carbonyl (C=O) groups excluding carboxylic acids is 1. The monoisotopic (exact) mass is 176 g/mol. The molecule has 0 bridgehead atoms. The van der Waals surface area contributed by atoms with Gasteiger partial charge in [-0.05, 0) is 6.42 Å². The smallest absolute Gasteiger partial charge is 0.123 e. The summed E-state index contributed by atoms with van der Waals surface area (Å²) in [6.07, 6.45) is 6.31. The number of allylic oxidation sites excluding steroid dienone is 2. The van der Waals surface area contributed by atoms with Crippen LogP contribution in [0.3, 0.4) is 0 Å². The van der Waals surface area contributed by atoms with Crippen LogP contribution in [-0.2, 0) is 4.79 Å². The highest BCUT2D eigenvalue weighted by Gasteiger charge is 1.72. The first-order valence-electron chi connectivity index (χ1n) is 2.56. The molecule has 0 saturated heterocycles. The lowest BCUT2D eigenvalue weighted by atomic mass is 10.3. The highest BCUT2D eigenvalue weighted by Crippen LogP contribution is 1.89. The number of aldehydes is 1. The fraction of sp³-hybridized carbons (Fsp3) is 0.500. The minimum absolute atomic E-state index is 0.549. The molecule has 0 aliphatic rings. The molecule has 0 aromatic rings. The van der Waals surface area contributed by atoms with Crippen LogP contribution in [0, 0.1) is 0 Å². The Morgan fingerprint density at radius 1 is 1.38 bits per heavy atom. The molecule has 0 unspecified atom stereocenters. The van der Waals surface area contributed by atoms with Gasteiger partial charge in [0.05, 0.1) is 0 Å². The van der Waals surface area contributed by atoms with E-state index in [4.69, 9.17) is 0 Å². The molecule has 46 valence electrons. The zero-order valence-electron chi connectivity index (χ0n) is 4.64. The van der Waals surface area contributed by atoms with Gasteiger partial charge in [-0.2, -0.15) is 0 Å². The Balaban J connectivity index is 2.94. The van der Waals surface area contributed by atoms with Crippen molar-refractivity contribution in [1.82, 2.24) is 0 Å². The average molecular weight is 177 g/mol. The van der Waals surface area contributed by atoms with Crippen LogP contribution >= 0.6 is 15.9 Å². The van der Waals surface area contributed by atoms with Gasteiger partial charge in [-0.3, -0.25) is 0 Å². The fourth-order valence-corrected chi connectivity index (χ4v) is 0.597. The number of carbonyl (C=O) groups is 1. The van der Waals surface area contributed by atoms with Gasteiger partial charge in [0.2, 0.25) is 0 Å². The van der Waals surface area contributed by atoms with Crippen molar-refractivity contribution in [2.75, 3.05) is 5.33 Å². The molecule has 0 fully saturated rings. The SMILES string of the molecule is O=CC/C=C/CCBr. The van der Waals surface area contributed by atoms with Crippen molar-refractivity contribution in [1.29, 1.82) is 0 Å². The second-order valence-electron chi connectivity index (χ2n) is 1.35. The van der Waals surface area contributed by atoms with Crippen molar-refractivity contribution in [3.63, 3.8) is 0 Å². The Bertz CT molecular complexity index is 78.6. The molecule has 0 radical (unpaired) electrons. The normalized spacial score (nSPS) is 10.1. The van der Waals surface area contributed by atoms with Gasteiger partial charge in [0.15, 0.2) is 0 Å². The van der Waals surface area contributed by atoms with E-state index in [2.05, 4.69) is 15.9 Å². The molecule has 8 heavy (non-hydrogen) atoms. The van der Waals surface area contributed by atoms with Crippen LogP contribution < -0.4 is 0 Å². The van der Waals surface area contributed by atoms with Gasteiger partial charge in [-0.15, -0.1) is 0 Å². The Morgan fingerprint density at radius 2 is 2.12 bits per heavy atom. The minimum atomic E-state index is 0.549. The van der Waals surface area contributed by atoms with E-state index >= 15 is 0 Å². The molecular formula is C6H9BrO. The number of rotatable bonds is 4. The van der Waals surface area contributed by atoms with E-state index in [9.17, 15) is 4.79 Å². The van der Waals surface area contributed by atoms with E-state index in [0.717, 1.165) is 18.0 Å². The average Bonchev–Trinajstić information content (AvgIpc) is 1.81. The van der Waals surface area contributed by atoms with E-state index < -0.39 is 0 Å². The van der Waals surface area contributed by atoms with Crippen LogP contribution in [-0.4, -0.2) is 11.6 Å². The molecule has 0 saturated carbocycles. The lowest BCUT2D eigenvalue weighted by molar-refractivity contribution is -0.107. The molecule has 0 N–H and O–H groups in total. The maximum absolute atomic E-state index is 9.71. The summed E-state index contributed by atoms with van der Waals surface area (Å²) in [7, 11) is 0. The predicted molar refractivity (Wildman–Crippen MR) is 38.2 cm³/mol. The Labute approximate surface area is 57.9 Å². The number of hydrogen-bond acceptors (Lipinski definition) is 1. The zero-order valence-corrected chi connectivity index (χ0v) is 6.23. The molecule has 0 rings (SSSR count). The van der Waals surface area contributed by atoms with Crippen molar-refractivity contribution < 1.29 is 4.79 Å². The van der Waals surface area contributed by atoms with Crippen molar-refractivity contribution in [2.24, 2.45) is 0 Å². The molecular weight excluding hydrogens is 168 g/mol. The quantitative estimate of drug-likeness (QED) is 0.364. The first-order chi connectivity index (χ1) is 3.91. The van der Waals surface area contributed by atoms with E-state index in [0.29, 0.717) is 6.42 Å². The maximum Gasteiger partial charge on any atom is 0.123 e. The summed E-state index contributed by atoms with van der Waals surface area (Å²) in [4.78, 5) is 9.71. The predicted octanol–water partition coefficient (Wildman–Crippen LogP) is 1.92. The molecule has 0 aromatic carbocycles. The Hall–Kier alpha value is -0.110. The largest absolute Gasteiger partial charge is 0.303 e.